The number of alkyl halides is 3. The minimum absolute atomic E-state index is 0.141. The third-order valence-corrected chi connectivity index (χ3v) is 2.87. The van der Waals surface area contributed by atoms with E-state index < -0.39 is 34.7 Å². The van der Waals surface area contributed by atoms with Gasteiger partial charge in [-0.1, -0.05) is 0 Å². The lowest BCUT2D eigenvalue weighted by Crippen LogP contribution is -2.17. The first-order valence-corrected chi connectivity index (χ1v) is 6.29. The fourth-order valence-corrected chi connectivity index (χ4v) is 1.97. The molecular weight excluding hydrogens is 373 g/mol. The van der Waals surface area contributed by atoms with Gasteiger partial charge in [-0.3, -0.25) is 4.79 Å². The molecule has 1 N–H and O–H groups in total. The summed E-state index contributed by atoms with van der Waals surface area (Å²) in [6, 6.07) is 3.73. The molecular formula is C9H6F4INOS. The third kappa shape index (κ3) is 6.10. The van der Waals surface area contributed by atoms with Crippen LogP contribution in [-0.2, 0) is 4.79 Å². The van der Waals surface area contributed by atoms with Crippen LogP contribution in [0.25, 0.3) is 0 Å². The van der Waals surface area contributed by atoms with Gasteiger partial charge in [-0.25, -0.2) is 4.39 Å². The SMILES string of the molecule is O=C(CSC(F)(F)F)Nc1cc(F)cc(I)c1. The molecule has 1 aromatic carbocycles. The highest BCUT2D eigenvalue weighted by molar-refractivity contribution is 14.1. The smallest absolute Gasteiger partial charge is 0.325 e. The van der Waals surface area contributed by atoms with Crippen LogP contribution in [0.1, 0.15) is 0 Å². The summed E-state index contributed by atoms with van der Waals surface area (Å²) in [5.41, 5.74) is -4.31. The van der Waals surface area contributed by atoms with Crippen molar-refractivity contribution in [2.45, 2.75) is 5.51 Å². The summed E-state index contributed by atoms with van der Waals surface area (Å²) in [7, 11) is 0. The van der Waals surface area contributed by atoms with E-state index in [0.717, 1.165) is 6.07 Å². The highest BCUT2D eigenvalue weighted by Crippen LogP contribution is 2.30. The molecule has 2 nitrogen and oxygen atoms in total. The maximum absolute atomic E-state index is 12.9. The molecule has 8 heteroatoms. The topological polar surface area (TPSA) is 29.1 Å². The van der Waals surface area contributed by atoms with Crippen molar-refractivity contribution in [1.82, 2.24) is 0 Å². The van der Waals surface area contributed by atoms with E-state index >= 15 is 0 Å². The van der Waals surface area contributed by atoms with Gasteiger partial charge in [0, 0.05) is 9.26 Å². The van der Waals surface area contributed by atoms with Crippen molar-refractivity contribution in [1.29, 1.82) is 0 Å². The molecule has 0 heterocycles. The Labute approximate surface area is 112 Å². The molecule has 0 atom stereocenters. The van der Waals surface area contributed by atoms with Gasteiger partial charge in [0.1, 0.15) is 5.82 Å². The number of halogens is 5. The number of hydrogen-bond donors (Lipinski definition) is 1. The number of carbonyl (C=O) groups is 1. The normalized spacial score (nSPS) is 11.4. The Hall–Kier alpha value is -0.510. The van der Waals surface area contributed by atoms with Gasteiger partial charge >= 0.3 is 5.51 Å². The highest BCUT2D eigenvalue weighted by Gasteiger charge is 2.29. The average molecular weight is 379 g/mol. The zero-order valence-electron chi connectivity index (χ0n) is 8.15. The Morgan fingerprint density at radius 3 is 2.53 bits per heavy atom. The van der Waals surface area contributed by atoms with E-state index in [4.69, 9.17) is 0 Å². The van der Waals surface area contributed by atoms with E-state index in [1.165, 1.54) is 12.1 Å². The molecule has 1 amide bonds. The van der Waals surface area contributed by atoms with Gasteiger partial charge in [-0.2, -0.15) is 13.2 Å². The quantitative estimate of drug-likeness (QED) is 0.642. The zero-order valence-corrected chi connectivity index (χ0v) is 11.1. The summed E-state index contributed by atoms with van der Waals surface area (Å²) in [5.74, 6) is -2.14. The molecule has 0 aliphatic carbocycles. The number of amides is 1. The highest BCUT2D eigenvalue weighted by atomic mass is 127. The molecule has 1 rings (SSSR count). The molecule has 0 unspecified atom stereocenters. The van der Waals surface area contributed by atoms with Crippen LogP contribution in [0, 0.1) is 9.39 Å². The first kappa shape index (κ1) is 14.6. The lowest BCUT2D eigenvalue weighted by Gasteiger charge is -2.07. The molecule has 0 saturated carbocycles. The fraction of sp³-hybridized carbons (Fsp3) is 0.222. The first-order chi connectivity index (χ1) is 7.76. The van der Waals surface area contributed by atoms with Crippen molar-refractivity contribution < 1.29 is 22.4 Å². The van der Waals surface area contributed by atoms with E-state index in [2.05, 4.69) is 5.32 Å². The molecule has 94 valence electrons. The van der Waals surface area contributed by atoms with E-state index in [9.17, 15) is 22.4 Å². The molecule has 0 fully saturated rings. The summed E-state index contributed by atoms with van der Waals surface area (Å²) in [6.45, 7) is 0. The van der Waals surface area contributed by atoms with Gasteiger partial charge in [0.2, 0.25) is 5.91 Å². The van der Waals surface area contributed by atoms with E-state index in [1.807, 2.05) is 22.6 Å². The Morgan fingerprint density at radius 2 is 2.00 bits per heavy atom. The summed E-state index contributed by atoms with van der Waals surface area (Å²) in [6.07, 6.45) is 0. The maximum Gasteiger partial charge on any atom is 0.442 e. The first-order valence-electron chi connectivity index (χ1n) is 4.23. The fourth-order valence-electron chi connectivity index (χ4n) is 0.970. The third-order valence-electron chi connectivity index (χ3n) is 1.51. The number of benzene rings is 1. The van der Waals surface area contributed by atoms with Crippen molar-refractivity contribution in [3.05, 3.63) is 27.6 Å². The van der Waals surface area contributed by atoms with E-state index in [0.29, 0.717) is 3.57 Å². The van der Waals surface area contributed by atoms with Crippen molar-refractivity contribution in [3.8, 4) is 0 Å². The minimum Gasteiger partial charge on any atom is -0.325 e. The second-order valence-corrected chi connectivity index (χ2v) is 5.23. The van der Waals surface area contributed by atoms with Crippen molar-refractivity contribution >= 4 is 45.9 Å². The maximum atomic E-state index is 12.9. The lowest BCUT2D eigenvalue weighted by atomic mass is 10.3. The molecule has 0 radical (unpaired) electrons. The number of thioether (sulfide) groups is 1. The van der Waals surface area contributed by atoms with Crippen molar-refractivity contribution in [2.24, 2.45) is 0 Å². The van der Waals surface area contributed by atoms with Gasteiger partial charge < -0.3 is 5.32 Å². The predicted molar refractivity (Wildman–Crippen MR) is 66.3 cm³/mol. The van der Waals surface area contributed by atoms with Crippen LogP contribution >= 0.6 is 34.4 Å². The summed E-state index contributed by atoms with van der Waals surface area (Å²) in [4.78, 5) is 11.1. The largest absolute Gasteiger partial charge is 0.442 e. The molecule has 0 aliphatic rings. The summed E-state index contributed by atoms with van der Waals surface area (Å²) in [5, 5.41) is 2.19. The van der Waals surface area contributed by atoms with Gasteiger partial charge in [0.15, 0.2) is 0 Å². The average Bonchev–Trinajstić information content (AvgIpc) is 2.11. The zero-order chi connectivity index (χ0) is 13.1. The standard InChI is InChI=1S/C9H6F4INOS/c10-5-1-6(14)3-7(2-5)15-8(16)4-17-9(11,12)13/h1-3H,4H2,(H,15,16). The second-order valence-electron chi connectivity index (χ2n) is 2.94. The van der Waals surface area contributed by atoms with Crippen LogP contribution in [-0.4, -0.2) is 17.2 Å². The van der Waals surface area contributed by atoms with Crippen molar-refractivity contribution in [3.63, 3.8) is 0 Å². The van der Waals surface area contributed by atoms with Crippen molar-refractivity contribution in [2.75, 3.05) is 11.1 Å². The van der Waals surface area contributed by atoms with Gasteiger partial charge in [0.25, 0.3) is 0 Å². The molecule has 0 saturated heterocycles. The molecule has 1 aromatic rings. The number of carbonyl (C=O) groups excluding carboxylic acids is 1. The van der Waals surface area contributed by atoms with Crippen LogP contribution in [0.5, 0.6) is 0 Å². The van der Waals surface area contributed by atoms with Crippen LogP contribution in [0.4, 0.5) is 23.2 Å². The number of hydrogen-bond acceptors (Lipinski definition) is 2. The molecule has 0 aliphatic heterocycles. The number of anilines is 1. The molecule has 17 heavy (non-hydrogen) atoms. The Balaban J connectivity index is 2.56. The van der Waals surface area contributed by atoms with Gasteiger partial charge in [0.05, 0.1) is 5.75 Å². The summed E-state index contributed by atoms with van der Waals surface area (Å²) >= 11 is 1.40. The molecule has 0 aromatic heterocycles. The molecule has 0 bridgehead atoms. The van der Waals surface area contributed by atoms with Crippen LogP contribution in [0.2, 0.25) is 0 Å². The second kappa shape index (κ2) is 5.89. The Morgan fingerprint density at radius 1 is 1.35 bits per heavy atom. The Kier molecular flexibility index (Phi) is 5.04. The van der Waals surface area contributed by atoms with Gasteiger partial charge in [-0.15, -0.1) is 0 Å². The predicted octanol–water partition coefficient (Wildman–Crippen LogP) is 3.62. The summed E-state index contributed by atoms with van der Waals surface area (Å²) < 4.78 is 48.9. The Bertz CT molecular complexity index is 404. The van der Waals surface area contributed by atoms with Crippen LogP contribution in [0.3, 0.4) is 0 Å². The van der Waals surface area contributed by atoms with Gasteiger partial charge in [-0.05, 0) is 52.6 Å². The number of nitrogens with one attached hydrogen (secondary N) is 1. The number of rotatable bonds is 3. The van der Waals surface area contributed by atoms with Crippen LogP contribution in [0.15, 0.2) is 18.2 Å². The lowest BCUT2D eigenvalue weighted by molar-refractivity contribution is -0.114. The minimum atomic E-state index is -4.45. The van der Waals surface area contributed by atoms with E-state index in [1.54, 1.807) is 0 Å². The van der Waals surface area contributed by atoms with E-state index in [-0.39, 0.29) is 5.69 Å². The molecule has 0 spiro atoms. The monoisotopic (exact) mass is 379 g/mol. The van der Waals surface area contributed by atoms with Crippen LogP contribution < -0.4 is 5.32 Å².